The maximum absolute atomic E-state index is 14.9. The minimum atomic E-state index is -0.354. The molecule has 4 nitrogen and oxygen atoms in total. The van der Waals surface area contributed by atoms with Crippen molar-refractivity contribution in [3.8, 4) is 0 Å². The number of carbonyl (C=O) groups is 1. The summed E-state index contributed by atoms with van der Waals surface area (Å²) in [6.07, 6.45) is 5.68. The molecule has 4 rings (SSSR count). The number of Topliss-reactive ketones (excluding diaryl/α,β-unsaturated/α-hetero) is 1. The van der Waals surface area contributed by atoms with E-state index >= 15 is 0 Å². The Morgan fingerprint density at radius 2 is 1.96 bits per heavy atom. The molecule has 1 fully saturated rings. The summed E-state index contributed by atoms with van der Waals surface area (Å²) < 4.78 is 16.9. The second kappa shape index (κ2) is 5.43. The molecule has 0 aliphatic carbocycles. The van der Waals surface area contributed by atoms with E-state index in [9.17, 15) is 14.0 Å². The van der Waals surface area contributed by atoms with E-state index in [1.54, 1.807) is 6.20 Å². The van der Waals surface area contributed by atoms with Gasteiger partial charge in [0.25, 0.3) is 0 Å². The average molecular weight is 328 g/mol. The standard InChI is InChI=1S/C19H21FN2O2/c1-11-8-13-17-14(19(24)15(12(2)23)10-22(11)17)9-16(20)18(13)21-6-4-3-5-7-21/h9-11H,3-8H2,1-2H3. The lowest BCUT2D eigenvalue weighted by atomic mass is 10.0. The molecule has 0 radical (unpaired) electrons. The maximum atomic E-state index is 14.9. The first-order valence-corrected chi connectivity index (χ1v) is 8.65. The number of halogens is 1. The second-order valence-electron chi connectivity index (χ2n) is 7.02. The van der Waals surface area contributed by atoms with Crippen LogP contribution in [0.1, 0.15) is 55.1 Å². The molecule has 1 aromatic heterocycles. The van der Waals surface area contributed by atoms with Crippen molar-refractivity contribution < 1.29 is 9.18 Å². The quantitative estimate of drug-likeness (QED) is 0.793. The summed E-state index contributed by atoms with van der Waals surface area (Å²) in [6, 6.07) is 1.46. The molecule has 1 aromatic carbocycles. The molecule has 24 heavy (non-hydrogen) atoms. The van der Waals surface area contributed by atoms with Gasteiger partial charge in [-0.1, -0.05) is 0 Å². The Kier molecular flexibility index (Phi) is 3.48. The molecule has 2 aliphatic rings. The van der Waals surface area contributed by atoms with Gasteiger partial charge in [-0.15, -0.1) is 0 Å². The monoisotopic (exact) mass is 328 g/mol. The zero-order chi connectivity index (χ0) is 17.0. The van der Waals surface area contributed by atoms with Crippen LogP contribution in [0.3, 0.4) is 0 Å². The van der Waals surface area contributed by atoms with Gasteiger partial charge in [-0.05, 0) is 45.6 Å². The highest BCUT2D eigenvalue weighted by Gasteiger charge is 2.30. The van der Waals surface area contributed by atoms with Crippen LogP contribution in [0.25, 0.3) is 10.9 Å². The fraction of sp³-hybridized carbons (Fsp3) is 0.474. The molecule has 2 aliphatic heterocycles. The molecule has 0 bridgehead atoms. The van der Waals surface area contributed by atoms with Gasteiger partial charge in [0, 0.05) is 36.3 Å². The Morgan fingerprint density at radius 3 is 2.62 bits per heavy atom. The normalized spacial score (nSPS) is 20.0. The van der Waals surface area contributed by atoms with Gasteiger partial charge in [0.2, 0.25) is 0 Å². The van der Waals surface area contributed by atoms with E-state index in [0.29, 0.717) is 17.5 Å². The number of aromatic nitrogens is 1. The number of carbonyl (C=O) groups excluding carboxylic acids is 1. The maximum Gasteiger partial charge on any atom is 0.200 e. The van der Waals surface area contributed by atoms with Crippen molar-refractivity contribution in [1.82, 2.24) is 4.57 Å². The molecule has 0 N–H and O–H groups in total. The van der Waals surface area contributed by atoms with Crippen molar-refractivity contribution in [1.29, 1.82) is 0 Å². The summed E-state index contributed by atoms with van der Waals surface area (Å²) in [6.45, 7) is 5.15. The van der Waals surface area contributed by atoms with Gasteiger partial charge >= 0.3 is 0 Å². The van der Waals surface area contributed by atoms with E-state index in [1.165, 1.54) is 19.4 Å². The fourth-order valence-electron chi connectivity index (χ4n) is 4.20. The highest BCUT2D eigenvalue weighted by atomic mass is 19.1. The van der Waals surface area contributed by atoms with Crippen molar-refractivity contribution in [2.24, 2.45) is 0 Å². The van der Waals surface area contributed by atoms with Crippen molar-refractivity contribution in [3.05, 3.63) is 39.4 Å². The van der Waals surface area contributed by atoms with E-state index in [0.717, 1.165) is 37.0 Å². The number of anilines is 1. The van der Waals surface area contributed by atoms with Gasteiger partial charge in [0.05, 0.1) is 16.8 Å². The Labute approximate surface area is 139 Å². The van der Waals surface area contributed by atoms with Crippen LogP contribution in [-0.2, 0) is 6.42 Å². The number of hydrogen-bond donors (Lipinski definition) is 0. The van der Waals surface area contributed by atoms with Crippen LogP contribution >= 0.6 is 0 Å². The Balaban J connectivity index is 2.03. The lowest BCUT2D eigenvalue weighted by Gasteiger charge is -2.30. The highest BCUT2D eigenvalue weighted by Crippen LogP contribution is 2.40. The average Bonchev–Trinajstić information content (AvgIpc) is 2.87. The molecular formula is C19H21FN2O2. The third-order valence-electron chi connectivity index (χ3n) is 5.37. The van der Waals surface area contributed by atoms with E-state index in [-0.39, 0.29) is 28.6 Å². The molecule has 0 amide bonds. The van der Waals surface area contributed by atoms with Crippen LogP contribution in [-0.4, -0.2) is 23.4 Å². The molecule has 1 atom stereocenters. The van der Waals surface area contributed by atoms with E-state index in [1.807, 2.05) is 11.5 Å². The number of pyridine rings is 1. The van der Waals surface area contributed by atoms with Gasteiger partial charge in [-0.2, -0.15) is 0 Å². The lowest BCUT2D eigenvalue weighted by molar-refractivity contribution is 0.101. The molecule has 5 heteroatoms. The molecule has 0 saturated carbocycles. The number of rotatable bonds is 2. The van der Waals surface area contributed by atoms with Crippen LogP contribution in [0.4, 0.5) is 10.1 Å². The first-order valence-electron chi connectivity index (χ1n) is 8.65. The van der Waals surface area contributed by atoms with Crippen molar-refractivity contribution in [3.63, 3.8) is 0 Å². The summed E-state index contributed by atoms with van der Waals surface area (Å²) in [7, 11) is 0. The van der Waals surface area contributed by atoms with Crippen molar-refractivity contribution in [2.45, 2.75) is 45.6 Å². The van der Waals surface area contributed by atoms with Gasteiger partial charge in [-0.3, -0.25) is 9.59 Å². The number of piperidine rings is 1. The number of hydrogen-bond acceptors (Lipinski definition) is 3. The molecule has 0 spiro atoms. The molecule has 1 saturated heterocycles. The van der Waals surface area contributed by atoms with Crippen LogP contribution < -0.4 is 10.3 Å². The van der Waals surface area contributed by atoms with Crippen molar-refractivity contribution >= 4 is 22.4 Å². The largest absolute Gasteiger partial charge is 0.369 e. The number of benzene rings is 1. The van der Waals surface area contributed by atoms with Gasteiger partial charge < -0.3 is 9.47 Å². The first kappa shape index (κ1) is 15.4. The predicted octanol–water partition coefficient (Wildman–Crippen LogP) is 3.45. The SMILES string of the molecule is CC(=O)c1cn2c3c(c(N4CCCCC4)c(F)cc3c1=O)CC2C. The van der Waals surface area contributed by atoms with Crippen LogP contribution in [0, 0.1) is 5.82 Å². The summed E-state index contributed by atoms with van der Waals surface area (Å²) in [5.41, 5.74) is 2.18. The van der Waals surface area contributed by atoms with Gasteiger partial charge in [0.15, 0.2) is 11.2 Å². The second-order valence-corrected chi connectivity index (χ2v) is 7.02. The minimum Gasteiger partial charge on any atom is -0.369 e. The molecular weight excluding hydrogens is 307 g/mol. The van der Waals surface area contributed by atoms with Gasteiger partial charge in [-0.25, -0.2) is 4.39 Å². The number of ketones is 1. The minimum absolute atomic E-state index is 0.117. The Bertz CT molecular complexity index is 910. The Hall–Kier alpha value is -2.17. The molecule has 126 valence electrons. The van der Waals surface area contributed by atoms with Crippen molar-refractivity contribution in [2.75, 3.05) is 18.0 Å². The third-order valence-corrected chi connectivity index (χ3v) is 5.37. The summed E-state index contributed by atoms with van der Waals surface area (Å²) in [4.78, 5) is 26.5. The molecule has 2 aromatic rings. The fourth-order valence-corrected chi connectivity index (χ4v) is 4.20. The van der Waals surface area contributed by atoms with Crippen LogP contribution in [0.2, 0.25) is 0 Å². The first-order chi connectivity index (χ1) is 11.5. The van der Waals surface area contributed by atoms with E-state index in [4.69, 9.17) is 0 Å². The summed E-state index contributed by atoms with van der Waals surface area (Å²) in [5.74, 6) is -0.607. The summed E-state index contributed by atoms with van der Waals surface area (Å²) in [5, 5.41) is 0.334. The van der Waals surface area contributed by atoms with E-state index < -0.39 is 0 Å². The smallest absolute Gasteiger partial charge is 0.200 e. The number of nitrogens with zero attached hydrogens (tertiary/aromatic N) is 2. The molecule has 1 unspecified atom stereocenters. The van der Waals surface area contributed by atoms with Crippen LogP contribution in [0.5, 0.6) is 0 Å². The van der Waals surface area contributed by atoms with Gasteiger partial charge in [0.1, 0.15) is 5.82 Å². The zero-order valence-electron chi connectivity index (χ0n) is 14.1. The predicted molar refractivity (Wildman–Crippen MR) is 92.6 cm³/mol. The molecule has 3 heterocycles. The third kappa shape index (κ3) is 2.10. The highest BCUT2D eigenvalue weighted by molar-refractivity contribution is 5.99. The van der Waals surface area contributed by atoms with E-state index in [2.05, 4.69) is 4.90 Å². The summed E-state index contributed by atoms with van der Waals surface area (Å²) >= 11 is 0. The topological polar surface area (TPSA) is 42.3 Å². The zero-order valence-corrected chi connectivity index (χ0v) is 14.1. The Morgan fingerprint density at radius 1 is 1.25 bits per heavy atom. The van der Waals surface area contributed by atoms with Crippen LogP contribution in [0.15, 0.2) is 17.1 Å². The lowest BCUT2D eigenvalue weighted by Crippen LogP contribution is -2.31.